The maximum Gasteiger partial charge on any atom is 0.123 e. The molecule has 0 aliphatic carbocycles. The highest BCUT2D eigenvalue weighted by Gasteiger charge is 2.05. The fraction of sp³-hybridized carbons (Fsp3) is 0.176. The first-order valence-electron chi connectivity index (χ1n) is 6.61. The summed E-state index contributed by atoms with van der Waals surface area (Å²) >= 11 is 0. The van der Waals surface area contributed by atoms with Gasteiger partial charge in [-0.3, -0.25) is 0 Å². The zero-order valence-electron chi connectivity index (χ0n) is 11.4. The van der Waals surface area contributed by atoms with E-state index in [1.165, 1.54) is 24.3 Å². The molecule has 2 nitrogen and oxygen atoms in total. The lowest BCUT2D eigenvalue weighted by Gasteiger charge is -2.09. The Hall–Kier alpha value is -2.04. The van der Waals surface area contributed by atoms with Gasteiger partial charge >= 0.3 is 0 Å². The van der Waals surface area contributed by atoms with Crippen LogP contribution in [0, 0.1) is 11.6 Å². The summed E-state index contributed by atoms with van der Waals surface area (Å²) in [5, 5.41) is 8.70. The Labute approximate surface area is 122 Å². The van der Waals surface area contributed by atoms with E-state index < -0.39 is 0 Å². The standard InChI is InChI=1S/C17H16F2O2/c18-15-5-1-13(2-6-15)17(9-11-21-12-10-20)14-3-7-16(19)8-4-14/h1-9,20H,10-12H2. The van der Waals surface area contributed by atoms with Crippen molar-refractivity contribution in [2.24, 2.45) is 0 Å². The molecule has 0 spiro atoms. The summed E-state index contributed by atoms with van der Waals surface area (Å²) in [6, 6.07) is 12.2. The minimum absolute atomic E-state index is 0.0454. The third kappa shape index (κ3) is 4.48. The second-order valence-corrected chi connectivity index (χ2v) is 4.43. The van der Waals surface area contributed by atoms with Crippen LogP contribution in [-0.4, -0.2) is 24.9 Å². The Morgan fingerprint density at radius 1 is 0.905 bits per heavy atom. The predicted molar refractivity (Wildman–Crippen MR) is 77.8 cm³/mol. The van der Waals surface area contributed by atoms with Gasteiger partial charge in [0.1, 0.15) is 11.6 Å². The van der Waals surface area contributed by atoms with Crippen molar-refractivity contribution in [2.45, 2.75) is 0 Å². The van der Waals surface area contributed by atoms with Crippen LogP contribution in [0.1, 0.15) is 11.1 Å². The molecule has 0 saturated heterocycles. The number of aliphatic hydroxyl groups excluding tert-OH is 1. The lowest BCUT2D eigenvalue weighted by molar-refractivity contribution is 0.112. The molecule has 0 aliphatic heterocycles. The van der Waals surface area contributed by atoms with E-state index in [9.17, 15) is 8.78 Å². The summed E-state index contributed by atoms with van der Waals surface area (Å²) in [4.78, 5) is 0. The van der Waals surface area contributed by atoms with Crippen molar-refractivity contribution >= 4 is 5.57 Å². The molecule has 0 aromatic heterocycles. The fourth-order valence-corrected chi connectivity index (χ4v) is 1.95. The quantitative estimate of drug-likeness (QED) is 0.826. The van der Waals surface area contributed by atoms with Gasteiger partial charge in [0.15, 0.2) is 0 Å². The predicted octanol–water partition coefficient (Wildman–Crippen LogP) is 3.41. The van der Waals surface area contributed by atoms with Gasteiger partial charge < -0.3 is 9.84 Å². The summed E-state index contributed by atoms with van der Waals surface area (Å²) in [6.07, 6.45) is 1.83. The van der Waals surface area contributed by atoms with Gasteiger partial charge in [-0.25, -0.2) is 8.78 Å². The molecule has 0 aliphatic rings. The first kappa shape index (κ1) is 15.4. The molecule has 0 bridgehead atoms. The van der Waals surface area contributed by atoms with Gasteiger partial charge in [0.2, 0.25) is 0 Å². The molecule has 0 unspecified atom stereocenters. The molecule has 2 aromatic carbocycles. The molecule has 21 heavy (non-hydrogen) atoms. The van der Waals surface area contributed by atoms with Crippen molar-refractivity contribution in [3.8, 4) is 0 Å². The van der Waals surface area contributed by atoms with Crippen LogP contribution in [0.5, 0.6) is 0 Å². The highest BCUT2D eigenvalue weighted by Crippen LogP contribution is 2.24. The van der Waals surface area contributed by atoms with Crippen molar-refractivity contribution < 1.29 is 18.6 Å². The highest BCUT2D eigenvalue weighted by atomic mass is 19.1. The lowest BCUT2D eigenvalue weighted by Crippen LogP contribution is -2.00. The number of ether oxygens (including phenoxy) is 1. The Morgan fingerprint density at radius 3 is 1.81 bits per heavy atom. The van der Waals surface area contributed by atoms with Gasteiger partial charge in [0, 0.05) is 0 Å². The summed E-state index contributed by atoms with van der Waals surface area (Å²) in [5.41, 5.74) is 2.46. The highest BCUT2D eigenvalue weighted by molar-refractivity contribution is 5.79. The average Bonchev–Trinajstić information content (AvgIpc) is 2.50. The number of rotatable bonds is 6. The van der Waals surface area contributed by atoms with Gasteiger partial charge in [0.25, 0.3) is 0 Å². The molecule has 0 saturated carbocycles. The fourth-order valence-electron chi connectivity index (χ4n) is 1.95. The van der Waals surface area contributed by atoms with Crippen molar-refractivity contribution in [1.82, 2.24) is 0 Å². The molecule has 2 rings (SSSR count). The van der Waals surface area contributed by atoms with E-state index >= 15 is 0 Å². The van der Waals surface area contributed by atoms with Crippen molar-refractivity contribution in [3.05, 3.63) is 77.4 Å². The molecule has 4 heteroatoms. The maximum atomic E-state index is 13.0. The van der Waals surface area contributed by atoms with Crippen LogP contribution >= 0.6 is 0 Å². The van der Waals surface area contributed by atoms with E-state index in [0.29, 0.717) is 6.61 Å². The monoisotopic (exact) mass is 290 g/mol. The van der Waals surface area contributed by atoms with Crippen LogP contribution in [0.15, 0.2) is 54.6 Å². The van der Waals surface area contributed by atoms with Crippen LogP contribution < -0.4 is 0 Å². The SMILES string of the molecule is OCCOCC=C(c1ccc(F)cc1)c1ccc(F)cc1. The van der Waals surface area contributed by atoms with Crippen LogP contribution in [0.2, 0.25) is 0 Å². The van der Waals surface area contributed by atoms with E-state index in [1.807, 2.05) is 6.08 Å². The molecule has 0 heterocycles. The van der Waals surface area contributed by atoms with Crippen LogP contribution in [-0.2, 0) is 4.74 Å². The average molecular weight is 290 g/mol. The normalized spacial score (nSPS) is 10.4. The Morgan fingerprint density at radius 2 is 1.38 bits per heavy atom. The van der Waals surface area contributed by atoms with Gasteiger partial charge in [-0.05, 0) is 41.0 Å². The van der Waals surface area contributed by atoms with Crippen molar-refractivity contribution in [2.75, 3.05) is 19.8 Å². The zero-order valence-corrected chi connectivity index (χ0v) is 11.4. The number of aliphatic hydroxyl groups is 1. The van der Waals surface area contributed by atoms with Crippen molar-refractivity contribution in [1.29, 1.82) is 0 Å². The number of halogens is 2. The summed E-state index contributed by atoms with van der Waals surface area (Å²) < 4.78 is 31.3. The number of hydrogen-bond donors (Lipinski definition) is 1. The maximum absolute atomic E-state index is 13.0. The van der Waals surface area contributed by atoms with Gasteiger partial charge in [-0.2, -0.15) is 0 Å². The van der Waals surface area contributed by atoms with Crippen LogP contribution in [0.25, 0.3) is 5.57 Å². The second kappa shape index (κ2) is 7.67. The summed E-state index contributed by atoms with van der Waals surface area (Å²) in [6.45, 7) is 0.511. The minimum atomic E-state index is -0.311. The van der Waals surface area contributed by atoms with Gasteiger partial charge in [0.05, 0.1) is 19.8 Å². The molecule has 0 radical (unpaired) electrons. The third-order valence-corrected chi connectivity index (χ3v) is 2.95. The first-order valence-corrected chi connectivity index (χ1v) is 6.61. The van der Waals surface area contributed by atoms with E-state index in [2.05, 4.69) is 0 Å². The van der Waals surface area contributed by atoms with E-state index in [0.717, 1.165) is 16.7 Å². The molecule has 1 N–H and O–H groups in total. The molecular formula is C17H16F2O2. The Balaban J connectivity index is 2.29. The lowest BCUT2D eigenvalue weighted by atomic mass is 9.97. The number of benzene rings is 2. The van der Waals surface area contributed by atoms with Gasteiger partial charge in [-0.1, -0.05) is 30.3 Å². The summed E-state index contributed by atoms with van der Waals surface area (Å²) in [7, 11) is 0. The molecule has 110 valence electrons. The second-order valence-electron chi connectivity index (χ2n) is 4.43. The van der Waals surface area contributed by atoms with E-state index in [1.54, 1.807) is 24.3 Å². The first-order chi connectivity index (χ1) is 10.2. The van der Waals surface area contributed by atoms with Crippen LogP contribution in [0.4, 0.5) is 8.78 Å². The molecule has 0 fully saturated rings. The minimum Gasteiger partial charge on any atom is -0.394 e. The Kier molecular flexibility index (Phi) is 5.60. The van der Waals surface area contributed by atoms with Gasteiger partial charge in [-0.15, -0.1) is 0 Å². The van der Waals surface area contributed by atoms with Crippen molar-refractivity contribution in [3.63, 3.8) is 0 Å². The molecule has 2 aromatic rings. The van der Waals surface area contributed by atoms with Crippen LogP contribution in [0.3, 0.4) is 0 Å². The zero-order chi connectivity index (χ0) is 15.1. The topological polar surface area (TPSA) is 29.5 Å². The molecule has 0 atom stereocenters. The summed E-state index contributed by atoms with van der Waals surface area (Å²) in [5.74, 6) is -0.623. The Bertz CT molecular complexity index is 542. The smallest absolute Gasteiger partial charge is 0.123 e. The largest absolute Gasteiger partial charge is 0.394 e. The van der Waals surface area contributed by atoms with E-state index in [4.69, 9.17) is 9.84 Å². The third-order valence-electron chi connectivity index (χ3n) is 2.95. The number of hydrogen-bond acceptors (Lipinski definition) is 2. The molecule has 0 amide bonds. The molecular weight excluding hydrogens is 274 g/mol. The van der Waals surface area contributed by atoms with E-state index in [-0.39, 0.29) is 24.8 Å².